The van der Waals surface area contributed by atoms with E-state index in [2.05, 4.69) is 5.32 Å². The lowest BCUT2D eigenvalue weighted by Crippen LogP contribution is -2.44. The molecule has 6 nitrogen and oxygen atoms in total. The maximum atomic E-state index is 12.6. The fourth-order valence-corrected chi connectivity index (χ4v) is 3.34. The first-order valence-electron chi connectivity index (χ1n) is 7.50. The van der Waals surface area contributed by atoms with Gasteiger partial charge in [0, 0.05) is 25.5 Å². The molecule has 1 fully saturated rings. The number of anilines is 2. The van der Waals surface area contributed by atoms with Crippen molar-refractivity contribution in [3.63, 3.8) is 0 Å². The molecule has 0 spiro atoms. The quantitative estimate of drug-likeness (QED) is 0.827. The Kier molecular flexibility index (Phi) is 3.64. The molecule has 0 radical (unpaired) electrons. The lowest BCUT2D eigenvalue weighted by atomic mass is 9.75. The number of hydrogen-bond donors (Lipinski definition) is 2. The highest BCUT2D eigenvalue weighted by atomic mass is 16.5. The molecule has 0 aliphatic carbocycles. The normalized spacial score (nSPS) is 31.2. The van der Waals surface area contributed by atoms with Crippen LogP contribution < -0.4 is 10.2 Å². The SMILES string of the molecule is CN(C)c1ccc(NC(=O)[C@H]2[C@H](C(=O)O)[C@H]3C=C[C@@]2(C)O3)cc1. The van der Waals surface area contributed by atoms with E-state index in [9.17, 15) is 14.7 Å². The number of nitrogens with one attached hydrogen (secondary N) is 1. The van der Waals surface area contributed by atoms with Gasteiger partial charge in [-0.2, -0.15) is 0 Å². The summed E-state index contributed by atoms with van der Waals surface area (Å²) in [6.45, 7) is 1.76. The second kappa shape index (κ2) is 5.38. The Labute approximate surface area is 134 Å². The molecule has 2 aliphatic heterocycles. The molecule has 0 aromatic heterocycles. The van der Waals surface area contributed by atoms with Crippen LogP contribution in [-0.4, -0.2) is 42.8 Å². The van der Waals surface area contributed by atoms with Gasteiger partial charge in [-0.1, -0.05) is 12.2 Å². The van der Waals surface area contributed by atoms with E-state index in [-0.39, 0.29) is 5.91 Å². The third kappa shape index (κ3) is 2.59. The van der Waals surface area contributed by atoms with Crippen molar-refractivity contribution >= 4 is 23.3 Å². The van der Waals surface area contributed by atoms with Crippen molar-refractivity contribution in [3.05, 3.63) is 36.4 Å². The number of fused-ring (bicyclic) bond motifs is 2. The number of hydrogen-bond acceptors (Lipinski definition) is 4. The molecule has 122 valence electrons. The van der Waals surface area contributed by atoms with Crippen LogP contribution in [0.15, 0.2) is 36.4 Å². The first-order valence-corrected chi connectivity index (χ1v) is 7.50. The monoisotopic (exact) mass is 316 g/mol. The van der Waals surface area contributed by atoms with Crippen LogP contribution in [0.3, 0.4) is 0 Å². The number of benzene rings is 1. The summed E-state index contributed by atoms with van der Waals surface area (Å²) in [5, 5.41) is 12.2. The highest BCUT2D eigenvalue weighted by Crippen LogP contribution is 2.47. The summed E-state index contributed by atoms with van der Waals surface area (Å²) in [5.41, 5.74) is 0.797. The molecule has 1 aromatic carbocycles. The molecular formula is C17H20N2O4. The number of amides is 1. The molecular weight excluding hydrogens is 296 g/mol. The van der Waals surface area contributed by atoms with E-state index < -0.39 is 29.5 Å². The highest BCUT2D eigenvalue weighted by molar-refractivity contribution is 5.97. The average Bonchev–Trinajstić information content (AvgIpc) is 3.00. The summed E-state index contributed by atoms with van der Waals surface area (Å²) in [5.74, 6) is -2.94. The van der Waals surface area contributed by atoms with E-state index in [1.54, 1.807) is 31.2 Å². The van der Waals surface area contributed by atoms with Crippen molar-refractivity contribution in [2.45, 2.75) is 18.6 Å². The van der Waals surface area contributed by atoms with Gasteiger partial charge in [-0.3, -0.25) is 9.59 Å². The number of ether oxygens (including phenoxy) is 1. The van der Waals surface area contributed by atoms with Gasteiger partial charge >= 0.3 is 5.97 Å². The standard InChI is InChI=1S/C17H20N2O4/c1-17-9-8-12(23-17)13(16(21)22)14(17)15(20)18-10-4-6-11(7-5-10)19(2)3/h4-9,12-14H,1-3H3,(H,18,20)(H,21,22)/t12-,13-,14-,17-/m1/s1. The average molecular weight is 316 g/mol. The fraction of sp³-hybridized carbons (Fsp3) is 0.412. The summed E-state index contributed by atoms with van der Waals surface area (Å²) in [7, 11) is 3.87. The molecule has 3 rings (SSSR count). The van der Waals surface area contributed by atoms with Crippen molar-refractivity contribution in [1.29, 1.82) is 0 Å². The molecule has 6 heteroatoms. The summed E-state index contributed by atoms with van der Waals surface area (Å²) < 4.78 is 5.70. The van der Waals surface area contributed by atoms with Crippen molar-refractivity contribution < 1.29 is 19.4 Å². The number of carboxylic acid groups (broad SMARTS) is 1. The van der Waals surface area contributed by atoms with Crippen LogP contribution in [0.25, 0.3) is 0 Å². The van der Waals surface area contributed by atoms with Crippen LogP contribution in [0, 0.1) is 11.8 Å². The number of aliphatic carboxylic acids is 1. The molecule has 0 unspecified atom stereocenters. The van der Waals surface area contributed by atoms with Crippen molar-refractivity contribution in [2.24, 2.45) is 11.8 Å². The lowest BCUT2D eigenvalue weighted by Gasteiger charge is -2.27. The van der Waals surface area contributed by atoms with E-state index in [1.165, 1.54) is 0 Å². The number of carboxylic acids is 1. The van der Waals surface area contributed by atoms with E-state index in [1.807, 2.05) is 31.1 Å². The van der Waals surface area contributed by atoms with Gasteiger partial charge in [-0.05, 0) is 31.2 Å². The maximum absolute atomic E-state index is 12.6. The molecule has 1 amide bonds. The summed E-state index contributed by atoms with van der Waals surface area (Å²) in [4.78, 5) is 26.1. The molecule has 1 aromatic rings. The van der Waals surface area contributed by atoms with Gasteiger partial charge < -0.3 is 20.1 Å². The second-order valence-corrected chi connectivity index (χ2v) is 6.40. The van der Waals surface area contributed by atoms with Gasteiger partial charge in [0.25, 0.3) is 0 Å². The molecule has 4 atom stereocenters. The molecule has 1 saturated heterocycles. The molecule has 2 heterocycles. The molecule has 2 bridgehead atoms. The number of nitrogens with zero attached hydrogens (tertiary/aromatic N) is 1. The van der Waals surface area contributed by atoms with Gasteiger partial charge in [0.1, 0.15) is 5.92 Å². The Morgan fingerprint density at radius 2 is 1.91 bits per heavy atom. The van der Waals surface area contributed by atoms with Crippen LogP contribution in [0.2, 0.25) is 0 Å². The van der Waals surface area contributed by atoms with Crippen molar-refractivity contribution in [1.82, 2.24) is 0 Å². The van der Waals surface area contributed by atoms with Crippen LogP contribution in [0.5, 0.6) is 0 Å². The lowest BCUT2D eigenvalue weighted by molar-refractivity contribution is -0.146. The molecule has 2 N–H and O–H groups in total. The largest absolute Gasteiger partial charge is 0.481 e. The van der Waals surface area contributed by atoms with E-state index in [4.69, 9.17) is 4.74 Å². The topological polar surface area (TPSA) is 78.9 Å². The first-order chi connectivity index (χ1) is 10.8. The molecule has 2 aliphatic rings. The Morgan fingerprint density at radius 3 is 2.48 bits per heavy atom. The van der Waals surface area contributed by atoms with Crippen LogP contribution in [0.1, 0.15) is 6.92 Å². The van der Waals surface area contributed by atoms with Gasteiger partial charge in [0.05, 0.1) is 17.6 Å². The third-order valence-electron chi connectivity index (χ3n) is 4.56. The predicted octanol–water partition coefficient (Wildman–Crippen LogP) is 1.74. The zero-order chi connectivity index (χ0) is 16.8. The van der Waals surface area contributed by atoms with Crippen LogP contribution >= 0.6 is 0 Å². The predicted molar refractivity (Wildman–Crippen MR) is 86.4 cm³/mol. The minimum Gasteiger partial charge on any atom is -0.481 e. The van der Waals surface area contributed by atoms with Gasteiger partial charge in [-0.15, -0.1) is 0 Å². The molecule has 23 heavy (non-hydrogen) atoms. The van der Waals surface area contributed by atoms with Crippen molar-refractivity contribution in [3.8, 4) is 0 Å². The zero-order valence-corrected chi connectivity index (χ0v) is 13.3. The minimum absolute atomic E-state index is 0.329. The maximum Gasteiger partial charge on any atom is 0.310 e. The summed E-state index contributed by atoms with van der Waals surface area (Å²) in [6.07, 6.45) is 2.98. The van der Waals surface area contributed by atoms with E-state index in [0.29, 0.717) is 5.69 Å². The number of carbonyl (C=O) groups is 2. The number of rotatable bonds is 4. The Hall–Kier alpha value is -2.34. The van der Waals surface area contributed by atoms with Gasteiger partial charge in [-0.25, -0.2) is 0 Å². The van der Waals surface area contributed by atoms with Crippen LogP contribution in [0.4, 0.5) is 11.4 Å². The zero-order valence-electron chi connectivity index (χ0n) is 13.3. The minimum atomic E-state index is -1.01. The van der Waals surface area contributed by atoms with Gasteiger partial charge in [0.2, 0.25) is 5.91 Å². The Morgan fingerprint density at radius 1 is 1.26 bits per heavy atom. The summed E-state index contributed by atoms with van der Waals surface area (Å²) >= 11 is 0. The smallest absolute Gasteiger partial charge is 0.310 e. The van der Waals surface area contributed by atoms with Gasteiger partial charge in [0.15, 0.2) is 0 Å². The fourth-order valence-electron chi connectivity index (χ4n) is 3.34. The van der Waals surface area contributed by atoms with Crippen LogP contribution in [-0.2, 0) is 14.3 Å². The molecule has 0 saturated carbocycles. The Balaban J connectivity index is 1.79. The van der Waals surface area contributed by atoms with E-state index >= 15 is 0 Å². The first kappa shape index (κ1) is 15.6. The highest BCUT2D eigenvalue weighted by Gasteiger charge is 2.59. The van der Waals surface area contributed by atoms with E-state index in [0.717, 1.165) is 5.69 Å². The van der Waals surface area contributed by atoms with Crippen molar-refractivity contribution in [2.75, 3.05) is 24.3 Å². The second-order valence-electron chi connectivity index (χ2n) is 6.40. The third-order valence-corrected chi connectivity index (χ3v) is 4.56. The number of carbonyl (C=O) groups excluding carboxylic acids is 1. The summed E-state index contributed by atoms with van der Waals surface area (Å²) in [6, 6.07) is 7.39. The Bertz CT molecular complexity index is 668.